The molecule has 0 radical (unpaired) electrons. The number of nitrogens with zero attached hydrogens (tertiary/aromatic N) is 1. The monoisotopic (exact) mass is 385 g/mol. The van der Waals surface area contributed by atoms with Crippen molar-refractivity contribution in [3.63, 3.8) is 0 Å². The average Bonchev–Trinajstić information content (AvgIpc) is 2.68. The Labute approximate surface area is 166 Å². The highest BCUT2D eigenvalue weighted by Crippen LogP contribution is 2.44. The van der Waals surface area contributed by atoms with Gasteiger partial charge in [0.1, 0.15) is 12.2 Å². The lowest BCUT2D eigenvalue weighted by atomic mass is 9.83. The number of carbonyl (C=O) groups excluding carboxylic acids is 2. The molecule has 0 spiro atoms. The molecule has 0 heterocycles. The lowest BCUT2D eigenvalue weighted by molar-refractivity contribution is -0.124. The second-order valence-electron chi connectivity index (χ2n) is 7.56. The van der Waals surface area contributed by atoms with Crippen LogP contribution in [0.5, 0.6) is 0 Å². The normalized spacial score (nSPS) is 18.5. The Morgan fingerprint density at radius 3 is 2.34 bits per heavy atom. The van der Waals surface area contributed by atoms with E-state index in [1.165, 1.54) is 18.7 Å². The van der Waals surface area contributed by atoms with Gasteiger partial charge in [0.25, 0.3) is 0 Å². The summed E-state index contributed by atoms with van der Waals surface area (Å²) in [6, 6.07) is 13.5. The first kappa shape index (κ1) is 17.8. The van der Waals surface area contributed by atoms with Crippen LogP contribution in [0.1, 0.15) is 31.1 Å². The van der Waals surface area contributed by atoms with Crippen LogP contribution in [0.15, 0.2) is 48.5 Å². The minimum absolute atomic E-state index is 0.340. The summed E-state index contributed by atoms with van der Waals surface area (Å²) in [5.74, 6) is -0.680. The van der Waals surface area contributed by atoms with Gasteiger partial charge in [-0.15, -0.1) is 0 Å². The minimum atomic E-state index is -1.01. The van der Waals surface area contributed by atoms with Crippen molar-refractivity contribution in [2.24, 2.45) is 0 Å². The summed E-state index contributed by atoms with van der Waals surface area (Å²) < 4.78 is 0. The molecule has 1 aliphatic rings. The number of anilines is 1. The van der Waals surface area contributed by atoms with Crippen LogP contribution in [-0.4, -0.2) is 28.1 Å². The van der Waals surface area contributed by atoms with Gasteiger partial charge in [0, 0.05) is 19.2 Å². The van der Waals surface area contributed by atoms with Gasteiger partial charge in [0.15, 0.2) is 0 Å². The minimum Gasteiger partial charge on any atom is -0.386 e. The quantitative estimate of drug-likeness (QED) is 0.487. The van der Waals surface area contributed by atoms with Crippen molar-refractivity contribution in [3.8, 4) is 0 Å². The second-order valence-corrected chi connectivity index (χ2v) is 7.56. The summed E-state index contributed by atoms with van der Waals surface area (Å²) in [4.78, 5) is 25.7. The van der Waals surface area contributed by atoms with E-state index < -0.39 is 12.2 Å². The fraction of sp³-hybridized carbons (Fsp3) is 0.167. The van der Waals surface area contributed by atoms with Crippen molar-refractivity contribution in [1.29, 1.82) is 0 Å². The maximum atomic E-state index is 12.3. The molecule has 1 aliphatic carbocycles. The lowest BCUT2D eigenvalue weighted by Gasteiger charge is -2.27. The number of aliphatic hydroxyl groups excluding tert-OH is 2. The van der Waals surface area contributed by atoms with Crippen LogP contribution in [0.2, 0.25) is 0 Å². The maximum Gasteiger partial charge on any atom is 0.230 e. The van der Waals surface area contributed by atoms with Crippen molar-refractivity contribution >= 4 is 55.9 Å². The Balaban J connectivity index is 1.99. The number of rotatable bonds is 1. The molecule has 0 fully saturated rings. The summed E-state index contributed by atoms with van der Waals surface area (Å²) in [5.41, 5.74) is 2.06. The molecule has 2 unspecified atom stereocenters. The molecule has 29 heavy (non-hydrogen) atoms. The zero-order valence-electron chi connectivity index (χ0n) is 16.0. The Kier molecular flexibility index (Phi) is 3.75. The number of carbonyl (C=O) groups is 2. The van der Waals surface area contributed by atoms with Crippen LogP contribution >= 0.6 is 0 Å². The van der Waals surface area contributed by atoms with Crippen LogP contribution in [0, 0.1) is 0 Å². The Morgan fingerprint density at radius 2 is 1.62 bits per heavy atom. The van der Waals surface area contributed by atoms with Crippen molar-refractivity contribution < 1.29 is 19.8 Å². The summed E-state index contributed by atoms with van der Waals surface area (Å²) in [5, 5.41) is 26.2. The molecule has 144 valence electrons. The van der Waals surface area contributed by atoms with Gasteiger partial charge < -0.3 is 10.2 Å². The van der Waals surface area contributed by atoms with E-state index in [-0.39, 0.29) is 11.8 Å². The topological polar surface area (TPSA) is 77.8 Å². The number of fused-ring (bicyclic) bond motifs is 2. The second kappa shape index (κ2) is 6.11. The van der Waals surface area contributed by atoms with Crippen LogP contribution in [0.3, 0.4) is 0 Å². The highest BCUT2D eigenvalue weighted by molar-refractivity contribution is 6.30. The van der Waals surface area contributed by atoms with E-state index in [0.29, 0.717) is 11.3 Å². The van der Waals surface area contributed by atoms with Crippen molar-refractivity contribution in [1.82, 2.24) is 0 Å². The van der Waals surface area contributed by atoms with Gasteiger partial charge >= 0.3 is 0 Å². The third kappa shape index (κ3) is 2.41. The third-order valence-corrected chi connectivity index (χ3v) is 5.78. The lowest BCUT2D eigenvalue weighted by Crippen LogP contribution is -2.33. The largest absolute Gasteiger partial charge is 0.386 e. The smallest absolute Gasteiger partial charge is 0.230 e. The molecule has 0 saturated carbocycles. The van der Waals surface area contributed by atoms with Gasteiger partial charge in [0.2, 0.25) is 11.8 Å². The fourth-order valence-corrected chi connectivity index (χ4v) is 4.62. The van der Waals surface area contributed by atoms with E-state index in [1.54, 1.807) is 12.2 Å². The van der Waals surface area contributed by atoms with Crippen molar-refractivity contribution in [3.05, 3.63) is 59.7 Å². The first-order valence-corrected chi connectivity index (χ1v) is 9.48. The molecule has 0 aromatic heterocycles. The molecular formula is C24H19NO4. The number of amides is 2. The Hall–Kier alpha value is -3.28. The fourth-order valence-electron chi connectivity index (χ4n) is 4.62. The van der Waals surface area contributed by atoms with E-state index in [4.69, 9.17) is 0 Å². The molecule has 2 atom stereocenters. The SMILES string of the molecule is CC(=O)N(C(C)=O)c1cc2cc3c(c4ccc5cccc1c5c24)C(O)C(O)C=C3. The molecule has 0 saturated heterocycles. The van der Waals surface area contributed by atoms with Crippen LogP contribution in [0.25, 0.3) is 38.4 Å². The van der Waals surface area contributed by atoms with E-state index in [2.05, 4.69) is 0 Å². The zero-order valence-corrected chi connectivity index (χ0v) is 16.0. The summed E-state index contributed by atoms with van der Waals surface area (Å²) >= 11 is 0. The summed E-state index contributed by atoms with van der Waals surface area (Å²) in [6.07, 6.45) is 1.41. The van der Waals surface area contributed by atoms with Gasteiger partial charge in [-0.1, -0.05) is 42.5 Å². The number of hydrogen-bond acceptors (Lipinski definition) is 4. The average molecular weight is 385 g/mol. The number of imide groups is 1. The molecule has 0 aliphatic heterocycles. The number of hydrogen-bond donors (Lipinski definition) is 2. The predicted octanol–water partition coefficient (Wildman–Crippen LogP) is 3.90. The highest BCUT2D eigenvalue weighted by atomic mass is 16.3. The predicted molar refractivity (Wildman–Crippen MR) is 114 cm³/mol. The molecule has 5 rings (SSSR count). The maximum absolute atomic E-state index is 12.3. The van der Waals surface area contributed by atoms with Crippen LogP contribution in [-0.2, 0) is 9.59 Å². The summed E-state index contributed by atoms with van der Waals surface area (Å²) in [6.45, 7) is 2.76. The molecular weight excluding hydrogens is 366 g/mol. The molecule has 2 N–H and O–H groups in total. The van der Waals surface area contributed by atoms with E-state index in [0.717, 1.165) is 37.9 Å². The van der Waals surface area contributed by atoms with Crippen molar-refractivity contribution in [2.45, 2.75) is 26.1 Å². The van der Waals surface area contributed by atoms with Gasteiger partial charge in [-0.2, -0.15) is 0 Å². The Bertz CT molecular complexity index is 1340. The van der Waals surface area contributed by atoms with E-state index >= 15 is 0 Å². The van der Waals surface area contributed by atoms with Crippen LogP contribution in [0.4, 0.5) is 5.69 Å². The van der Waals surface area contributed by atoms with Gasteiger partial charge in [0.05, 0.1) is 5.69 Å². The van der Waals surface area contributed by atoms with Crippen LogP contribution < -0.4 is 4.90 Å². The van der Waals surface area contributed by atoms with Crippen molar-refractivity contribution in [2.75, 3.05) is 4.90 Å². The molecule has 5 heteroatoms. The molecule has 4 aromatic carbocycles. The standard InChI is InChI=1S/C24H19NO4/c1-12(26)25(13(2)27)19-11-16-10-15-7-9-20(28)24(29)23(15)18-8-6-14-4-3-5-17(19)21(14)22(16)18/h3-11,20,24,28-29H,1-2H3. The highest BCUT2D eigenvalue weighted by Gasteiger charge is 2.28. The Morgan fingerprint density at radius 1 is 0.897 bits per heavy atom. The van der Waals surface area contributed by atoms with Gasteiger partial charge in [-0.25, -0.2) is 0 Å². The molecule has 4 aromatic rings. The molecule has 0 bridgehead atoms. The number of aliphatic hydroxyl groups is 2. The first-order chi connectivity index (χ1) is 13.9. The molecule has 5 nitrogen and oxygen atoms in total. The summed E-state index contributed by atoms with van der Waals surface area (Å²) in [7, 11) is 0. The van der Waals surface area contributed by atoms with E-state index in [9.17, 15) is 19.8 Å². The van der Waals surface area contributed by atoms with E-state index in [1.807, 2.05) is 42.5 Å². The third-order valence-electron chi connectivity index (χ3n) is 5.78. The molecule has 2 amide bonds. The number of benzene rings is 4. The van der Waals surface area contributed by atoms with Gasteiger partial charge in [-0.05, 0) is 50.2 Å². The zero-order chi connectivity index (χ0) is 20.4. The first-order valence-electron chi connectivity index (χ1n) is 9.48. The van der Waals surface area contributed by atoms with Gasteiger partial charge in [-0.3, -0.25) is 14.5 Å².